The number of thiazole rings is 1. The van der Waals surface area contributed by atoms with E-state index in [1.54, 1.807) is 22.7 Å². The van der Waals surface area contributed by atoms with E-state index < -0.39 is 0 Å². The molecule has 5 heteroatoms. The maximum Gasteiger partial charge on any atom is 0.183 e. The molecule has 1 aromatic carbocycles. The molecule has 5 aliphatic carbocycles. The summed E-state index contributed by atoms with van der Waals surface area (Å²) in [5.74, 6) is 3.30. The van der Waals surface area contributed by atoms with Crippen LogP contribution in [0.5, 0.6) is 0 Å². The molecule has 0 aliphatic heterocycles. The van der Waals surface area contributed by atoms with Gasteiger partial charge in [0.15, 0.2) is 5.13 Å². The Morgan fingerprint density at radius 3 is 2.42 bits per heavy atom. The van der Waals surface area contributed by atoms with Crippen LogP contribution in [0.4, 0.5) is 5.13 Å². The summed E-state index contributed by atoms with van der Waals surface area (Å²) >= 11 is 3.58. The maximum atomic E-state index is 9.65. The highest BCUT2D eigenvalue weighted by atomic mass is 32.1. The van der Waals surface area contributed by atoms with E-state index in [9.17, 15) is 5.11 Å². The highest BCUT2D eigenvalue weighted by Crippen LogP contribution is 2.77. The van der Waals surface area contributed by atoms with E-state index in [2.05, 4.69) is 107 Å². The number of allylic oxidation sites excluding steroid dienone is 3. The van der Waals surface area contributed by atoms with Crippen LogP contribution in [0.15, 0.2) is 65.4 Å². The quantitative estimate of drug-likeness (QED) is 0.255. The first-order chi connectivity index (χ1) is 22.9. The molecule has 4 saturated carbocycles. The Kier molecular flexibility index (Phi) is 7.83. The van der Waals surface area contributed by atoms with Crippen LogP contribution in [0.2, 0.25) is 0 Å². The minimum absolute atomic E-state index is 0.107. The van der Waals surface area contributed by atoms with Gasteiger partial charge in [0.1, 0.15) is 0 Å². The van der Waals surface area contributed by atoms with Crippen LogP contribution in [-0.4, -0.2) is 15.6 Å². The molecule has 3 nitrogen and oxygen atoms in total. The lowest BCUT2D eigenvalue weighted by Gasteiger charge is -2.72. The second-order valence-electron chi connectivity index (χ2n) is 17.9. The fourth-order valence-corrected chi connectivity index (χ4v) is 14.9. The van der Waals surface area contributed by atoms with Gasteiger partial charge in [-0.05, 0) is 144 Å². The van der Waals surface area contributed by atoms with E-state index in [0.29, 0.717) is 39.9 Å². The molecule has 2 N–H and O–H groups in total. The van der Waals surface area contributed by atoms with Crippen LogP contribution in [0.25, 0.3) is 16.1 Å². The standard InChI is InChI=1S/C43H56N2OS2/c1-27(2)30-16-21-43(45-38-44-33(26-48-38)34-9-8-24-47-34)23-22-41(6)32(37(30)43)14-15-36-40(5)19-17-31(29-12-10-28(25-46)11-13-29)39(3,4)35(40)18-20-42(36,41)7/h8-13,17,24,26,30,32,35-37,46H,1,14-16,18-23,25H2,2-7H3,(H,44,45). The Morgan fingerprint density at radius 1 is 0.917 bits per heavy atom. The molecule has 0 amide bonds. The topological polar surface area (TPSA) is 45.2 Å². The molecule has 8 rings (SSSR count). The van der Waals surface area contributed by atoms with E-state index in [1.165, 1.54) is 79.4 Å². The number of aromatic nitrogens is 1. The molecule has 9 atom stereocenters. The zero-order valence-corrected chi connectivity index (χ0v) is 31.7. The molecule has 4 fully saturated rings. The molecule has 5 aliphatic rings. The molecule has 9 unspecified atom stereocenters. The van der Waals surface area contributed by atoms with Crippen molar-refractivity contribution in [3.05, 3.63) is 76.5 Å². The predicted molar refractivity (Wildman–Crippen MR) is 204 cm³/mol. The first kappa shape index (κ1) is 33.0. The second kappa shape index (κ2) is 11.4. The van der Waals surface area contributed by atoms with Crippen LogP contribution in [0, 0.1) is 51.2 Å². The number of hydrogen-bond acceptors (Lipinski definition) is 5. The Balaban J connectivity index is 1.12. The zero-order valence-electron chi connectivity index (χ0n) is 30.1. The number of rotatable bonds is 6. The van der Waals surface area contributed by atoms with Gasteiger partial charge in [-0.3, -0.25) is 0 Å². The normalized spacial score (nSPS) is 39.8. The van der Waals surface area contributed by atoms with Crippen molar-refractivity contribution in [2.75, 3.05) is 5.32 Å². The van der Waals surface area contributed by atoms with Crippen molar-refractivity contribution in [3.63, 3.8) is 0 Å². The van der Waals surface area contributed by atoms with E-state index in [-0.39, 0.29) is 17.6 Å². The van der Waals surface area contributed by atoms with Crippen molar-refractivity contribution < 1.29 is 5.11 Å². The average molecular weight is 681 g/mol. The summed E-state index contributed by atoms with van der Waals surface area (Å²) in [6.07, 6.45) is 14.2. The predicted octanol–water partition coefficient (Wildman–Crippen LogP) is 11.9. The molecular formula is C43H56N2OS2. The summed E-state index contributed by atoms with van der Waals surface area (Å²) in [5, 5.41) is 19.4. The summed E-state index contributed by atoms with van der Waals surface area (Å²) in [7, 11) is 0. The van der Waals surface area contributed by atoms with Crippen LogP contribution >= 0.6 is 22.7 Å². The number of thiophene rings is 1. The molecule has 0 bridgehead atoms. The van der Waals surface area contributed by atoms with Gasteiger partial charge in [-0.15, -0.1) is 22.7 Å². The van der Waals surface area contributed by atoms with Gasteiger partial charge in [-0.25, -0.2) is 4.98 Å². The third-order valence-electron chi connectivity index (χ3n) is 15.7. The monoisotopic (exact) mass is 680 g/mol. The first-order valence-electron chi connectivity index (χ1n) is 18.7. The number of nitrogens with zero attached hydrogens (tertiary/aromatic N) is 1. The average Bonchev–Trinajstić information content (AvgIpc) is 3.82. The SMILES string of the molecule is C=C(C)C1CCC2(Nc3nc(-c4cccs4)cs3)CCC3(C)C(CCC4C5(C)CC=C(c6ccc(CO)cc6)C(C)(C)C5CCC43C)C12. The van der Waals surface area contributed by atoms with Crippen molar-refractivity contribution in [2.45, 2.75) is 111 Å². The number of anilines is 1. The second-order valence-corrected chi connectivity index (χ2v) is 19.7. The number of nitrogens with one attached hydrogen (secondary N) is 1. The van der Waals surface area contributed by atoms with Gasteiger partial charge in [0.2, 0.25) is 0 Å². The van der Waals surface area contributed by atoms with Gasteiger partial charge in [0, 0.05) is 10.9 Å². The molecule has 0 spiro atoms. The van der Waals surface area contributed by atoms with Crippen molar-refractivity contribution in [1.29, 1.82) is 0 Å². The van der Waals surface area contributed by atoms with Crippen molar-refractivity contribution in [1.82, 2.24) is 4.98 Å². The first-order valence-corrected chi connectivity index (χ1v) is 20.5. The minimum atomic E-state index is 0.107. The van der Waals surface area contributed by atoms with Crippen molar-refractivity contribution >= 4 is 33.4 Å². The van der Waals surface area contributed by atoms with Gasteiger partial charge in [0.05, 0.1) is 17.2 Å². The minimum Gasteiger partial charge on any atom is -0.392 e. The van der Waals surface area contributed by atoms with Crippen LogP contribution in [-0.2, 0) is 6.61 Å². The third kappa shape index (κ3) is 4.62. The fourth-order valence-electron chi connectivity index (χ4n) is 13.3. The highest BCUT2D eigenvalue weighted by molar-refractivity contribution is 7.16. The molecule has 3 aromatic rings. The van der Waals surface area contributed by atoms with Gasteiger partial charge >= 0.3 is 0 Å². The smallest absolute Gasteiger partial charge is 0.183 e. The molecular weight excluding hydrogens is 625 g/mol. The molecule has 48 heavy (non-hydrogen) atoms. The van der Waals surface area contributed by atoms with E-state index in [1.807, 2.05) is 0 Å². The zero-order chi connectivity index (χ0) is 33.7. The van der Waals surface area contributed by atoms with E-state index in [4.69, 9.17) is 4.98 Å². The number of benzene rings is 1. The van der Waals surface area contributed by atoms with Gasteiger partial charge in [0.25, 0.3) is 0 Å². The summed E-state index contributed by atoms with van der Waals surface area (Å²) in [6.45, 7) is 20.3. The number of hydrogen-bond donors (Lipinski definition) is 2. The lowest BCUT2D eigenvalue weighted by molar-refractivity contribution is -0.216. The summed E-state index contributed by atoms with van der Waals surface area (Å²) in [6, 6.07) is 13.0. The third-order valence-corrected chi connectivity index (χ3v) is 17.4. The Labute approximate surface area is 297 Å². The molecule has 0 saturated heterocycles. The van der Waals surface area contributed by atoms with Crippen molar-refractivity contribution in [3.8, 4) is 10.6 Å². The number of aliphatic hydroxyl groups excluding tert-OH is 1. The van der Waals surface area contributed by atoms with Crippen molar-refractivity contribution in [2.24, 2.45) is 51.2 Å². The Hall–Kier alpha value is -2.21. The number of fused-ring (bicyclic) bond motifs is 7. The molecule has 2 heterocycles. The maximum absolute atomic E-state index is 9.65. The molecule has 256 valence electrons. The van der Waals surface area contributed by atoms with Gasteiger partial charge in [-0.2, -0.15) is 0 Å². The van der Waals surface area contributed by atoms with Gasteiger partial charge in [-0.1, -0.05) is 83.2 Å². The largest absolute Gasteiger partial charge is 0.392 e. The Morgan fingerprint density at radius 2 is 1.71 bits per heavy atom. The molecule has 2 aromatic heterocycles. The molecule has 0 radical (unpaired) electrons. The van der Waals surface area contributed by atoms with Gasteiger partial charge < -0.3 is 10.4 Å². The number of aliphatic hydroxyl groups is 1. The lowest BCUT2D eigenvalue weighted by Crippen LogP contribution is -2.67. The fraction of sp³-hybridized carbons (Fsp3) is 0.605. The summed E-state index contributed by atoms with van der Waals surface area (Å²) in [4.78, 5) is 6.42. The summed E-state index contributed by atoms with van der Waals surface area (Å²) < 4.78 is 0. The van der Waals surface area contributed by atoms with E-state index >= 15 is 0 Å². The van der Waals surface area contributed by atoms with E-state index in [0.717, 1.165) is 22.3 Å². The summed E-state index contributed by atoms with van der Waals surface area (Å²) in [5.41, 5.74) is 7.54. The van der Waals surface area contributed by atoms with Crippen LogP contribution < -0.4 is 5.32 Å². The Bertz CT molecular complexity index is 1720. The van der Waals surface area contributed by atoms with Crippen LogP contribution in [0.1, 0.15) is 110 Å². The van der Waals surface area contributed by atoms with Crippen LogP contribution in [0.3, 0.4) is 0 Å². The highest BCUT2D eigenvalue weighted by Gasteiger charge is 2.70. The lowest BCUT2D eigenvalue weighted by atomic mass is 9.33.